The topological polar surface area (TPSA) is 148 Å². The predicted octanol–water partition coefficient (Wildman–Crippen LogP) is 1.06. The summed E-state index contributed by atoms with van der Waals surface area (Å²) in [6.45, 7) is 3.26. The molecule has 0 radical (unpaired) electrons. The molecule has 3 aromatic heterocycles. The molecule has 1 N–H and O–H groups in total. The molecule has 2 aliphatic rings. The van der Waals surface area contributed by atoms with Crippen LogP contribution in [-0.2, 0) is 15.6 Å². The zero-order valence-electron chi connectivity index (χ0n) is 18.1. The molecule has 3 aromatic rings. The molecule has 0 bridgehead atoms. The van der Waals surface area contributed by atoms with Gasteiger partial charge >= 0.3 is 0 Å². The predicted molar refractivity (Wildman–Crippen MR) is 119 cm³/mol. The zero-order valence-corrected chi connectivity index (χ0v) is 19.0. The highest BCUT2D eigenvalue weighted by Crippen LogP contribution is 2.43. The standard InChI is InChI=1S/C21H23N9O2S/c1-2-33(31,32)29-13-20(14-29,4-6-22)28-11-21(12-28,5-7-23)30-10-16(9-27-30)18-17-3-8-24-19(17)26-15-25-18/h3,8-10,15H,2,4-5,11-14H2,1H3,(H,24,25,26). The molecule has 0 aromatic carbocycles. The van der Waals surface area contributed by atoms with Gasteiger partial charge in [-0.05, 0) is 13.0 Å². The highest BCUT2D eigenvalue weighted by atomic mass is 32.2. The van der Waals surface area contributed by atoms with Gasteiger partial charge in [0.05, 0.1) is 48.2 Å². The summed E-state index contributed by atoms with van der Waals surface area (Å²) >= 11 is 0. The van der Waals surface area contributed by atoms with Crippen molar-refractivity contribution < 1.29 is 8.42 Å². The van der Waals surface area contributed by atoms with Crippen LogP contribution in [-0.4, -0.2) is 79.8 Å². The van der Waals surface area contributed by atoms with Crippen LogP contribution >= 0.6 is 0 Å². The molecule has 33 heavy (non-hydrogen) atoms. The first-order chi connectivity index (χ1) is 15.9. The van der Waals surface area contributed by atoms with Crippen molar-refractivity contribution in [3.8, 4) is 23.4 Å². The maximum absolute atomic E-state index is 12.2. The van der Waals surface area contributed by atoms with E-state index >= 15 is 0 Å². The van der Waals surface area contributed by atoms with E-state index < -0.39 is 21.1 Å². The van der Waals surface area contributed by atoms with E-state index in [9.17, 15) is 18.9 Å². The fourth-order valence-electron chi connectivity index (χ4n) is 4.85. The Morgan fingerprint density at radius 2 is 1.85 bits per heavy atom. The minimum absolute atomic E-state index is 0.0432. The van der Waals surface area contributed by atoms with Gasteiger partial charge in [0.25, 0.3) is 0 Å². The Labute approximate surface area is 191 Å². The number of sulfonamides is 1. The molecule has 2 fully saturated rings. The highest BCUT2D eigenvalue weighted by Gasteiger charge is 2.59. The fraction of sp³-hybridized carbons (Fsp3) is 0.476. The summed E-state index contributed by atoms with van der Waals surface area (Å²) in [5.74, 6) is 0.0432. The first-order valence-corrected chi connectivity index (χ1v) is 12.3. The van der Waals surface area contributed by atoms with Gasteiger partial charge in [-0.2, -0.15) is 19.9 Å². The lowest BCUT2D eigenvalue weighted by Gasteiger charge is -2.62. The number of hydrogen-bond donors (Lipinski definition) is 1. The Bertz CT molecular complexity index is 1380. The summed E-state index contributed by atoms with van der Waals surface area (Å²) in [4.78, 5) is 13.8. The summed E-state index contributed by atoms with van der Waals surface area (Å²) in [6, 6.07) is 6.41. The lowest BCUT2D eigenvalue weighted by molar-refractivity contribution is -0.115. The number of fused-ring (bicyclic) bond motifs is 1. The van der Waals surface area contributed by atoms with Crippen LogP contribution in [0.25, 0.3) is 22.3 Å². The van der Waals surface area contributed by atoms with E-state index in [0.717, 1.165) is 22.3 Å². The largest absolute Gasteiger partial charge is 0.346 e. The minimum Gasteiger partial charge on any atom is -0.346 e. The molecule has 12 heteroatoms. The number of likely N-dealkylation sites (tertiary alicyclic amines) is 1. The summed E-state index contributed by atoms with van der Waals surface area (Å²) in [7, 11) is -3.29. The SMILES string of the molecule is CCS(=O)(=O)N1CC(CC#N)(N2CC(CC#N)(n3cc(-c4ncnc5[nH]ccc45)cn3)C2)C1. The van der Waals surface area contributed by atoms with Crippen LogP contribution in [0, 0.1) is 22.7 Å². The Balaban J connectivity index is 1.39. The van der Waals surface area contributed by atoms with Crippen LogP contribution in [0.1, 0.15) is 19.8 Å². The van der Waals surface area contributed by atoms with Crippen molar-refractivity contribution >= 4 is 21.1 Å². The van der Waals surface area contributed by atoms with E-state index in [2.05, 4.69) is 37.1 Å². The molecular formula is C21H23N9O2S. The minimum atomic E-state index is -3.29. The fourth-order valence-corrected chi connectivity index (χ4v) is 6.09. The molecule has 2 saturated heterocycles. The molecule has 2 aliphatic heterocycles. The van der Waals surface area contributed by atoms with E-state index in [1.807, 2.05) is 23.1 Å². The van der Waals surface area contributed by atoms with Gasteiger partial charge in [-0.3, -0.25) is 9.58 Å². The van der Waals surface area contributed by atoms with Gasteiger partial charge in [-0.25, -0.2) is 18.4 Å². The van der Waals surface area contributed by atoms with Gasteiger partial charge in [0.15, 0.2) is 0 Å². The van der Waals surface area contributed by atoms with Crippen LogP contribution in [0.3, 0.4) is 0 Å². The lowest BCUT2D eigenvalue weighted by atomic mass is 9.77. The number of aromatic amines is 1. The van der Waals surface area contributed by atoms with Crippen molar-refractivity contribution in [3.63, 3.8) is 0 Å². The second-order valence-electron chi connectivity index (χ2n) is 8.78. The van der Waals surface area contributed by atoms with Crippen LogP contribution in [0.2, 0.25) is 0 Å². The second-order valence-corrected chi connectivity index (χ2v) is 11.0. The molecule has 0 saturated carbocycles. The van der Waals surface area contributed by atoms with Crippen molar-refractivity contribution in [2.45, 2.75) is 30.8 Å². The van der Waals surface area contributed by atoms with Crippen molar-refractivity contribution in [1.82, 2.24) is 33.9 Å². The number of nitrogens with one attached hydrogen (secondary N) is 1. The molecule has 170 valence electrons. The van der Waals surface area contributed by atoms with Crippen molar-refractivity contribution in [2.24, 2.45) is 0 Å². The van der Waals surface area contributed by atoms with Crippen molar-refractivity contribution in [2.75, 3.05) is 31.9 Å². The van der Waals surface area contributed by atoms with Gasteiger partial charge in [0, 0.05) is 49.5 Å². The number of nitriles is 2. The van der Waals surface area contributed by atoms with Gasteiger partial charge in [0.1, 0.15) is 17.5 Å². The summed E-state index contributed by atoms with van der Waals surface area (Å²) in [6.07, 6.45) is 7.44. The van der Waals surface area contributed by atoms with Crippen molar-refractivity contribution in [3.05, 3.63) is 31.0 Å². The monoisotopic (exact) mass is 465 g/mol. The number of rotatable bonds is 7. The van der Waals surface area contributed by atoms with E-state index in [1.165, 1.54) is 10.6 Å². The van der Waals surface area contributed by atoms with Crippen molar-refractivity contribution in [1.29, 1.82) is 10.5 Å². The third-order valence-electron chi connectivity index (χ3n) is 6.85. The summed E-state index contributed by atoms with van der Waals surface area (Å²) in [5, 5.41) is 24.4. The molecule has 0 amide bonds. The van der Waals surface area contributed by atoms with Crippen LogP contribution < -0.4 is 0 Å². The molecule has 0 atom stereocenters. The van der Waals surface area contributed by atoms with E-state index in [0.29, 0.717) is 26.2 Å². The average molecular weight is 466 g/mol. The molecule has 0 spiro atoms. The average Bonchev–Trinajstić information content (AvgIpc) is 3.42. The smallest absolute Gasteiger partial charge is 0.213 e. The lowest BCUT2D eigenvalue weighted by Crippen LogP contribution is -2.79. The molecule has 0 aliphatic carbocycles. The third-order valence-corrected chi connectivity index (χ3v) is 8.63. The Morgan fingerprint density at radius 3 is 2.55 bits per heavy atom. The van der Waals surface area contributed by atoms with Crippen LogP contribution in [0.15, 0.2) is 31.0 Å². The van der Waals surface area contributed by atoms with Crippen LogP contribution in [0.4, 0.5) is 0 Å². The highest BCUT2D eigenvalue weighted by molar-refractivity contribution is 7.89. The van der Waals surface area contributed by atoms with Crippen LogP contribution in [0.5, 0.6) is 0 Å². The van der Waals surface area contributed by atoms with E-state index in [-0.39, 0.29) is 18.6 Å². The zero-order chi connectivity index (χ0) is 23.3. The molecule has 5 heterocycles. The number of aromatic nitrogens is 5. The molecular weight excluding hydrogens is 442 g/mol. The van der Waals surface area contributed by atoms with Gasteiger partial charge < -0.3 is 4.98 Å². The number of nitrogens with zero attached hydrogens (tertiary/aromatic N) is 8. The Hall–Kier alpha value is -3.32. The van der Waals surface area contributed by atoms with Gasteiger partial charge in [0.2, 0.25) is 10.0 Å². The maximum atomic E-state index is 12.2. The maximum Gasteiger partial charge on any atom is 0.213 e. The molecule has 11 nitrogen and oxygen atoms in total. The number of H-pyrrole nitrogens is 1. The second kappa shape index (κ2) is 7.63. The third kappa shape index (κ3) is 3.30. The molecule has 0 unspecified atom stereocenters. The number of hydrogen-bond acceptors (Lipinski definition) is 8. The Morgan fingerprint density at radius 1 is 1.12 bits per heavy atom. The normalized spacial score (nSPS) is 20.0. The first-order valence-electron chi connectivity index (χ1n) is 10.7. The summed E-state index contributed by atoms with van der Waals surface area (Å²) < 4.78 is 27.7. The van der Waals surface area contributed by atoms with E-state index in [4.69, 9.17) is 0 Å². The van der Waals surface area contributed by atoms with Gasteiger partial charge in [-0.15, -0.1) is 0 Å². The Kier molecular flexibility index (Phi) is 4.97. The first kappa shape index (κ1) is 21.5. The van der Waals surface area contributed by atoms with E-state index in [1.54, 1.807) is 13.1 Å². The summed E-state index contributed by atoms with van der Waals surface area (Å²) in [5.41, 5.74) is 1.27. The quantitative estimate of drug-likeness (QED) is 0.545. The van der Waals surface area contributed by atoms with Gasteiger partial charge in [-0.1, -0.05) is 0 Å². The molecule has 5 rings (SSSR count).